The minimum Gasteiger partial charge on any atom is -0.447 e. The van der Waals surface area contributed by atoms with E-state index in [4.69, 9.17) is 4.42 Å². The van der Waals surface area contributed by atoms with E-state index in [0.29, 0.717) is 24.7 Å². The standard InChI is InChI=1S/C15H27N3O2/c1-3-4-5-6-7-8-9-10-17-15(19)13-12-20-14(18-13)11-16-2/h12,16H,3-11H2,1-2H3,(H,17,19). The highest BCUT2D eigenvalue weighted by Gasteiger charge is 2.10. The molecule has 5 nitrogen and oxygen atoms in total. The van der Waals surface area contributed by atoms with Crippen molar-refractivity contribution in [2.75, 3.05) is 13.6 Å². The number of nitrogens with zero attached hydrogens (tertiary/aromatic N) is 1. The van der Waals surface area contributed by atoms with E-state index < -0.39 is 0 Å². The molecule has 0 aliphatic carbocycles. The molecule has 5 heteroatoms. The zero-order valence-electron chi connectivity index (χ0n) is 12.7. The van der Waals surface area contributed by atoms with Crippen molar-refractivity contribution in [2.45, 2.75) is 58.4 Å². The molecule has 0 aliphatic rings. The van der Waals surface area contributed by atoms with Crippen molar-refractivity contribution in [3.63, 3.8) is 0 Å². The van der Waals surface area contributed by atoms with E-state index in [1.807, 2.05) is 7.05 Å². The first-order chi connectivity index (χ1) is 9.77. The van der Waals surface area contributed by atoms with Gasteiger partial charge in [-0.1, -0.05) is 45.4 Å². The molecule has 0 bridgehead atoms. The van der Waals surface area contributed by atoms with Crippen LogP contribution in [0.25, 0.3) is 0 Å². The highest BCUT2D eigenvalue weighted by atomic mass is 16.3. The number of aromatic nitrogens is 1. The summed E-state index contributed by atoms with van der Waals surface area (Å²) in [5, 5.41) is 5.80. The lowest BCUT2D eigenvalue weighted by Gasteiger charge is -2.03. The average molecular weight is 281 g/mol. The molecule has 1 rings (SSSR count). The van der Waals surface area contributed by atoms with Gasteiger partial charge in [-0.25, -0.2) is 4.98 Å². The number of carbonyl (C=O) groups is 1. The van der Waals surface area contributed by atoms with Gasteiger partial charge in [0.2, 0.25) is 5.89 Å². The predicted molar refractivity (Wildman–Crippen MR) is 79.6 cm³/mol. The molecule has 0 spiro atoms. The Kier molecular flexibility index (Phi) is 8.71. The molecule has 0 fully saturated rings. The van der Waals surface area contributed by atoms with Gasteiger partial charge in [0.15, 0.2) is 5.69 Å². The van der Waals surface area contributed by atoms with Crippen LogP contribution in [-0.2, 0) is 6.54 Å². The Morgan fingerprint density at radius 3 is 2.60 bits per heavy atom. The van der Waals surface area contributed by atoms with Crippen LogP contribution in [0.1, 0.15) is 68.2 Å². The Bertz CT molecular complexity index is 377. The zero-order valence-corrected chi connectivity index (χ0v) is 12.7. The smallest absolute Gasteiger partial charge is 0.273 e. The van der Waals surface area contributed by atoms with Gasteiger partial charge in [-0.2, -0.15) is 0 Å². The largest absolute Gasteiger partial charge is 0.447 e. The Morgan fingerprint density at radius 1 is 1.20 bits per heavy atom. The molecular formula is C15H27N3O2. The summed E-state index contributed by atoms with van der Waals surface area (Å²) in [6, 6.07) is 0. The maximum atomic E-state index is 11.8. The summed E-state index contributed by atoms with van der Waals surface area (Å²) in [6.45, 7) is 3.47. The van der Waals surface area contributed by atoms with Crippen molar-refractivity contribution in [2.24, 2.45) is 0 Å². The zero-order chi connectivity index (χ0) is 14.6. The van der Waals surface area contributed by atoms with Crippen LogP contribution in [0, 0.1) is 0 Å². The molecule has 114 valence electrons. The third-order valence-corrected chi connectivity index (χ3v) is 3.18. The van der Waals surface area contributed by atoms with E-state index in [1.165, 1.54) is 44.8 Å². The van der Waals surface area contributed by atoms with E-state index in [-0.39, 0.29) is 5.91 Å². The second-order valence-corrected chi connectivity index (χ2v) is 5.03. The third kappa shape index (κ3) is 6.70. The summed E-state index contributed by atoms with van der Waals surface area (Å²) < 4.78 is 5.17. The van der Waals surface area contributed by atoms with Crippen LogP contribution >= 0.6 is 0 Å². The van der Waals surface area contributed by atoms with Gasteiger partial charge >= 0.3 is 0 Å². The lowest BCUT2D eigenvalue weighted by molar-refractivity contribution is 0.0948. The second kappa shape index (κ2) is 10.4. The summed E-state index contributed by atoms with van der Waals surface area (Å²) in [4.78, 5) is 15.9. The first kappa shape index (κ1) is 16.7. The van der Waals surface area contributed by atoms with Crippen LogP contribution in [0.15, 0.2) is 10.7 Å². The molecule has 0 saturated carbocycles. The van der Waals surface area contributed by atoms with Crippen LogP contribution in [0.3, 0.4) is 0 Å². The summed E-state index contributed by atoms with van der Waals surface area (Å²) in [5.41, 5.74) is 0.359. The SMILES string of the molecule is CCCCCCCCCNC(=O)c1coc(CNC)n1. The van der Waals surface area contributed by atoms with E-state index in [9.17, 15) is 4.79 Å². The number of nitrogens with one attached hydrogen (secondary N) is 2. The highest BCUT2D eigenvalue weighted by molar-refractivity contribution is 5.91. The molecular weight excluding hydrogens is 254 g/mol. The van der Waals surface area contributed by atoms with E-state index in [0.717, 1.165) is 6.42 Å². The molecule has 0 unspecified atom stereocenters. The van der Waals surface area contributed by atoms with E-state index in [1.54, 1.807) is 0 Å². The first-order valence-electron chi connectivity index (χ1n) is 7.65. The van der Waals surface area contributed by atoms with Gasteiger partial charge in [-0.3, -0.25) is 4.79 Å². The Hall–Kier alpha value is -1.36. The topological polar surface area (TPSA) is 67.2 Å². The van der Waals surface area contributed by atoms with Crippen molar-refractivity contribution >= 4 is 5.91 Å². The molecule has 0 aliphatic heterocycles. The molecule has 1 heterocycles. The lowest BCUT2D eigenvalue weighted by atomic mass is 10.1. The summed E-state index contributed by atoms with van der Waals surface area (Å²) >= 11 is 0. The van der Waals surface area contributed by atoms with Crippen LogP contribution in [-0.4, -0.2) is 24.5 Å². The van der Waals surface area contributed by atoms with Gasteiger partial charge in [-0.05, 0) is 13.5 Å². The number of hydrogen-bond donors (Lipinski definition) is 2. The van der Waals surface area contributed by atoms with Crippen molar-refractivity contribution in [1.29, 1.82) is 0 Å². The van der Waals surface area contributed by atoms with Crippen molar-refractivity contribution < 1.29 is 9.21 Å². The average Bonchev–Trinajstić information content (AvgIpc) is 2.91. The molecule has 0 radical (unpaired) electrons. The second-order valence-electron chi connectivity index (χ2n) is 5.03. The molecule has 1 aromatic heterocycles. The first-order valence-corrected chi connectivity index (χ1v) is 7.65. The van der Waals surface area contributed by atoms with Gasteiger partial charge < -0.3 is 15.1 Å². The number of oxazole rings is 1. The predicted octanol–water partition coefficient (Wildman–Crippen LogP) is 2.87. The van der Waals surface area contributed by atoms with Crippen molar-refractivity contribution in [1.82, 2.24) is 15.6 Å². The fourth-order valence-electron chi connectivity index (χ4n) is 2.02. The molecule has 0 saturated heterocycles. The minimum absolute atomic E-state index is 0.151. The van der Waals surface area contributed by atoms with E-state index >= 15 is 0 Å². The Labute approximate surface area is 121 Å². The minimum atomic E-state index is -0.151. The quantitative estimate of drug-likeness (QED) is 0.612. The third-order valence-electron chi connectivity index (χ3n) is 3.18. The van der Waals surface area contributed by atoms with Gasteiger partial charge in [0.1, 0.15) is 6.26 Å². The summed E-state index contributed by atoms with van der Waals surface area (Å²) in [5.74, 6) is 0.385. The van der Waals surface area contributed by atoms with Gasteiger partial charge in [-0.15, -0.1) is 0 Å². The molecule has 20 heavy (non-hydrogen) atoms. The lowest BCUT2D eigenvalue weighted by Crippen LogP contribution is -2.24. The maximum Gasteiger partial charge on any atom is 0.273 e. The van der Waals surface area contributed by atoms with Gasteiger partial charge in [0.25, 0.3) is 5.91 Å². The number of carbonyl (C=O) groups excluding carboxylic acids is 1. The molecule has 1 aromatic rings. The molecule has 2 N–H and O–H groups in total. The number of hydrogen-bond acceptors (Lipinski definition) is 4. The van der Waals surface area contributed by atoms with E-state index in [2.05, 4.69) is 22.5 Å². The molecule has 1 amide bonds. The van der Waals surface area contributed by atoms with Crippen LogP contribution < -0.4 is 10.6 Å². The van der Waals surface area contributed by atoms with Crippen LogP contribution in [0.5, 0.6) is 0 Å². The van der Waals surface area contributed by atoms with Crippen molar-refractivity contribution in [3.05, 3.63) is 17.8 Å². The fourth-order valence-corrected chi connectivity index (χ4v) is 2.02. The monoisotopic (exact) mass is 281 g/mol. The maximum absolute atomic E-state index is 11.8. The number of rotatable bonds is 11. The van der Waals surface area contributed by atoms with Crippen LogP contribution in [0.4, 0.5) is 0 Å². The van der Waals surface area contributed by atoms with Gasteiger partial charge in [0.05, 0.1) is 6.54 Å². The molecule has 0 atom stereocenters. The Balaban J connectivity index is 2.07. The highest BCUT2D eigenvalue weighted by Crippen LogP contribution is 2.06. The normalized spacial score (nSPS) is 10.7. The Morgan fingerprint density at radius 2 is 1.90 bits per heavy atom. The number of amides is 1. The molecule has 0 aromatic carbocycles. The summed E-state index contributed by atoms with van der Waals surface area (Å²) in [6.07, 6.45) is 10.1. The van der Waals surface area contributed by atoms with Crippen LogP contribution in [0.2, 0.25) is 0 Å². The number of unbranched alkanes of at least 4 members (excludes halogenated alkanes) is 6. The van der Waals surface area contributed by atoms with Gasteiger partial charge in [0, 0.05) is 6.54 Å². The fraction of sp³-hybridized carbons (Fsp3) is 0.733. The summed E-state index contributed by atoms with van der Waals surface area (Å²) in [7, 11) is 1.81. The van der Waals surface area contributed by atoms with Crippen molar-refractivity contribution in [3.8, 4) is 0 Å².